The first kappa shape index (κ1) is 51.0. The molecule has 5 aliphatic heterocycles. The lowest BCUT2D eigenvalue weighted by Gasteiger charge is -2.64. The third-order valence-corrected chi connectivity index (χ3v) is 18.3. The van der Waals surface area contributed by atoms with Crippen molar-refractivity contribution >= 4 is 11.9 Å². The lowest BCUT2D eigenvalue weighted by molar-refractivity contribution is -0.355. The molecule has 386 valence electrons. The van der Waals surface area contributed by atoms with E-state index in [0.29, 0.717) is 18.4 Å². The van der Waals surface area contributed by atoms with Crippen LogP contribution in [-0.4, -0.2) is 177 Å². The Bertz CT molecular complexity index is 1810. The van der Waals surface area contributed by atoms with Crippen molar-refractivity contribution in [3.05, 3.63) is 11.6 Å². The Morgan fingerprint density at radius 3 is 1.94 bits per heavy atom. The number of hydrogen-bond acceptors (Lipinski definition) is 19. The number of fused-ring (bicyclic) bond motifs is 5. The minimum Gasteiger partial charge on any atom is -0.459 e. The van der Waals surface area contributed by atoms with Gasteiger partial charge in [0, 0.05) is 37.7 Å². The van der Waals surface area contributed by atoms with E-state index in [4.69, 9.17) is 47.4 Å². The van der Waals surface area contributed by atoms with E-state index in [9.17, 15) is 45.3 Å². The molecule has 0 amide bonds. The van der Waals surface area contributed by atoms with E-state index in [0.717, 1.165) is 63.4 Å². The second-order valence-electron chi connectivity index (χ2n) is 22.1. The topological polar surface area (TPSA) is 268 Å². The van der Waals surface area contributed by atoms with Crippen LogP contribution in [0.4, 0.5) is 0 Å². The van der Waals surface area contributed by atoms with Crippen LogP contribution in [0.2, 0.25) is 0 Å². The molecule has 8 fully saturated rings. The second kappa shape index (κ2) is 19.8. The standard InChI is InChI=1S/C49H76O19/c1-22-43(66-38-18-33(53)44(23(2)61-38)67-39-19-34(63-25(4)51)45(24(3)62-39)68-46-42(57)41(56)40(55)35(20-50)65-46)32(52)17-37(60-22)64-28-9-12-47(5)27(16-28)7-8-31-30(47)10-13-48(6)29(11-14-49(31,48)58)26-15-36(54)59-21-26/h15,22-24,27-35,37-46,50,52-53,55-58H,7-14,16-21H2,1-6H3/t22-,23-,24-,27?,28?,29?,30?,31?,32+,33+,34+,35-,37+,38+,39+,40-,41+,42-,43-,44-,45-,46+,47?,48?,49?/m1/s1. The van der Waals surface area contributed by atoms with Crippen molar-refractivity contribution in [2.45, 2.75) is 235 Å². The number of aliphatic hydroxyl groups is 7. The van der Waals surface area contributed by atoms with Crippen molar-refractivity contribution in [3.8, 4) is 0 Å². The van der Waals surface area contributed by atoms with Gasteiger partial charge in [0.15, 0.2) is 25.2 Å². The van der Waals surface area contributed by atoms with Crippen LogP contribution in [0.15, 0.2) is 11.6 Å². The first-order chi connectivity index (χ1) is 32.2. The number of rotatable bonds is 11. The molecule has 4 saturated heterocycles. The molecular formula is C49H76O19. The highest BCUT2D eigenvalue weighted by atomic mass is 16.8. The predicted octanol–water partition coefficient (Wildman–Crippen LogP) is 1.64. The first-order valence-electron chi connectivity index (χ1n) is 25.2. The van der Waals surface area contributed by atoms with Crippen molar-refractivity contribution in [1.29, 1.82) is 0 Å². The average molecular weight is 969 g/mol. The van der Waals surface area contributed by atoms with Crippen LogP contribution in [0.25, 0.3) is 0 Å². The van der Waals surface area contributed by atoms with Gasteiger partial charge in [0.2, 0.25) is 0 Å². The van der Waals surface area contributed by atoms with Gasteiger partial charge in [-0.2, -0.15) is 0 Å². The quantitative estimate of drug-likeness (QED) is 0.115. The normalized spacial score (nSPS) is 52.8. The smallest absolute Gasteiger partial charge is 0.331 e. The van der Waals surface area contributed by atoms with E-state index in [1.165, 1.54) is 6.92 Å². The van der Waals surface area contributed by atoms with Crippen LogP contribution < -0.4 is 0 Å². The molecule has 5 heterocycles. The molecule has 25 atom stereocenters. The molecule has 68 heavy (non-hydrogen) atoms. The highest BCUT2D eigenvalue weighted by Crippen LogP contribution is 2.70. The Balaban J connectivity index is 0.746. The predicted molar refractivity (Wildman–Crippen MR) is 233 cm³/mol. The van der Waals surface area contributed by atoms with Gasteiger partial charge < -0.3 is 83.1 Å². The number of esters is 2. The molecule has 0 radical (unpaired) electrons. The van der Waals surface area contributed by atoms with Gasteiger partial charge in [-0.15, -0.1) is 0 Å². The van der Waals surface area contributed by atoms with Gasteiger partial charge in [0.1, 0.15) is 55.4 Å². The number of carbonyl (C=O) groups is 2. The summed E-state index contributed by atoms with van der Waals surface area (Å²) < 4.78 is 60.2. The van der Waals surface area contributed by atoms with E-state index >= 15 is 0 Å². The number of ether oxygens (including phenoxy) is 10. The second-order valence-corrected chi connectivity index (χ2v) is 22.1. The zero-order valence-corrected chi connectivity index (χ0v) is 40.2. The first-order valence-corrected chi connectivity index (χ1v) is 25.2. The maximum atomic E-state index is 12.6. The average Bonchev–Trinajstić information content (AvgIpc) is 3.83. The number of carbonyl (C=O) groups excluding carboxylic acids is 2. The fourth-order valence-electron chi connectivity index (χ4n) is 14.6. The van der Waals surface area contributed by atoms with Crippen molar-refractivity contribution in [2.75, 3.05) is 13.2 Å². The third kappa shape index (κ3) is 9.36. The SMILES string of the molecule is CC(=O)O[C@H]1C[C@H](O[C@H]2[C@@H](O)C[C@H](O[C@H]3[C@@H](O)C[C@H](OC4CCC5(C)C(CCC6C5CCC5(C)C(C7=CC(=O)OC7)CCC65O)C4)O[C@@H]3C)O[C@@H]2C)O[C@H](C)[C@H]1O[C@@H]1O[C@H](CO)[C@@H](O)[C@H](O)[C@H]1O. The molecule has 4 aliphatic carbocycles. The summed E-state index contributed by atoms with van der Waals surface area (Å²) in [5.41, 5.74) is 0.0925. The van der Waals surface area contributed by atoms with Gasteiger partial charge in [0.05, 0.1) is 48.8 Å². The van der Waals surface area contributed by atoms with Gasteiger partial charge in [-0.25, -0.2) is 4.79 Å². The Morgan fingerprint density at radius 2 is 1.34 bits per heavy atom. The van der Waals surface area contributed by atoms with Crippen molar-refractivity contribution < 1.29 is 92.7 Å². The van der Waals surface area contributed by atoms with E-state index < -0.39 is 123 Å². The summed E-state index contributed by atoms with van der Waals surface area (Å²) in [4.78, 5) is 24.2. The fourth-order valence-corrected chi connectivity index (χ4v) is 14.6. The Labute approximate surface area is 398 Å². The molecule has 0 aromatic rings. The Kier molecular flexibility index (Phi) is 14.9. The molecule has 4 saturated carbocycles. The molecule has 19 nitrogen and oxygen atoms in total. The molecule has 0 bridgehead atoms. The Morgan fingerprint density at radius 1 is 0.706 bits per heavy atom. The van der Waals surface area contributed by atoms with Gasteiger partial charge in [-0.3, -0.25) is 4.79 Å². The summed E-state index contributed by atoms with van der Waals surface area (Å²) in [6, 6.07) is 0. The fraction of sp³-hybridized carbons (Fsp3) is 0.918. The van der Waals surface area contributed by atoms with E-state index in [1.54, 1.807) is 19.9 Å². The van der Waals surface area contributed by atoms with Crippen molar-refractivity contribution in [3.63, 3.8) is 0 Å². The highest BCUT2D eigenvalue weighted by Gasteiger charge is 2.68. The highest BCUT2D eigenvalue weighted by molar-refractivity contribution is 5.85. The van der Waals surface area contributed by atoms with E-state index in [-0.39, 0.29) is 54.0 Å². The van der Waals surface area contributed by atoms with Gasteiger partial charge in [-0.1, -0.05) is 13.8 Å². The largest absolute Gasteiger partial charge is 0.459 e. The maximum Gasteiger partial charge on any atom is 0.331 e. The number of hydrogen-bond donors (Lipinski definition) is 7. The monoisotopic (exact) mass is 968 g/mol. The molecule has 9 rings (SSSR count). The van der Waals surface area contributed by atoms with Gasteiger partial charge in [0.25, 0.3) is 0 Å². The van der Waals surface area contributed by atoms with Crippen LogP contribution in [0.3, 0.4) is 0 Å². The number of cyclic esters (lactones) is 1. The van der Waals surface area contributed by atoms with Gasteiger partial charge in [-0.05, 0) is 113 Å². The van der Waals surface area contributed by atoms with Crippen molar-refractivity contribution in [2.24, 2.45) is 34.5 Å². The molecule has 8 unspecified atom stereocenters. The molecule has 0 spiro atoms. The minimum atomic E-state index is -1.68. The molecule has 7 N–H and O–H groups in total. The minimum absolute atomic E-state index is 0.0126. The van der Waals surface area contributed by atoms with Crippen LogP contribution in [0.1, 0.15) is 119 Å². The molecule has 0 aromatic carbocycles. The maximum absolute atomic E-state index is 12.6. The molecular weight excluding hydrogens is 893 g/mol. The lowest BCUT2D eigenvalue weighted by atomic mass is 9.43. The summed E-state index contributed by atoms with van der Waals surface area (Å²) in [5.74, 6) is 0.357. The summed E-state index contributed by atoms with van der Waals surface area (Å²) in [7, 11) is 0. The van der Waals surface area contributed by atoms with Crippen LogP contribution >= 0.6 is 0 Å². The summed E-state index contributed by atoms with van der Waals surface area (Å²) in [5, 5.41) is 76.1. The van der Waals surface area contributed by atoms with E-state index in [2.05, 4.69) is 13.8 Å². The Hall–Kier alpha value is -1.92. The lowest BCUT2D eigenvalue weighted by Crippen LogP contribution is -2.62. The zero-order valence-electron chi connectivity index (χ0n) is 40.2. The number of aliphatic hydroxyl groups excluding tert-OH is 6. The van der Waals surface area contributed by atoms with Gasteiger partial charge >= 0.3 is 11.9 Å². The van der Waals surface area contributed by atoms with Crippen LogP contribution in [-0.2, 0) is 57.0 Å². The molecule has 0 aromatic heterocycles. The third-order valence-electron chi connectivity index (χ3n) is 18.3. The summed E-state index contributed by atoms with van der Waals surface area (Å²) in [6.45, 7) is 10.8. The van der Waals surface area contributed by atoms with Crippen LogP contribution in [0.5, 0.6) is 0 Å². The van der Waals surface area contributed by atoms with Crippen LogP contribution in [0, 0.1) is 34.5 Å². The summed E-state index contributed by atoms with van der Waals surface area (Å²) in [6.07, 6.45) is -7.65. The van der Waals surface area contributed by atoms with E-state index in [1.807, 2.05) is 6.92 Å². The zero-order chi connectivity index (χ0) is 48.6. The molecule has 9 aliphatic rings. The molecule has 19 heteroatoms. The summed E-state index contributed by atoms with van der Waals surface area (Å²) >= 11 is 0. The van der Waals surface area contributed by atoms with Crippen molar-refractivity contribution in [1.82, 2.24) is 0 Å².